The van der Waals surface area contributed by atoms with Gasteiger partial charge in [0.15, 0.2) is 0 Å². The molecule has 0 heterocycles. The maximum absolute atomic E-state index is 11.6. The highest BCUT2D eigenvalue weighted by molar-refractivity contribution is 6.76. The summed E-state index contributed by atoms with van der Waals surface area (Å²) in [6, 6.07) is 0. The Bertz CT molecular complexity index is 227. The number of ether oxygens (including phenoxy) is 1. The van der Waals surface area contributed by atoms with E-state index in [1.54, 1.807) is 6.08 Å². The van der Waals surface area contributed by atoms with Crippen LogP contribution >= 0.6 is 46.4 Å². The van der Waals surface area contributed by atoms with Crippen LogP contribution in [0.3, 0.4) is 0 Å². The van der Waals surface area contributed by atoms with E-state index in [0.29, 0.717) is 13.2 Å². The fourth-order valence-electron chi connectivity index (χ4n) is 0.824. The van der Waals surface area contributed by atoms with Gasteiger partial charge in [0.25, 0.3) is 9.70 Å². The maximum atomic E-state index is 11.6. The number of alkyl halides is 3. The van der Waals surface area contributed by atoms with Gasteiger partial charge in [0.2, 0.25) is 0 Å². The molecule has 0 saturated heterocycles. The number of carbonyl (C=O) groups excluding carboxylic acids is 1. The average Bonchev–Trinajstić information content (AvgIpc) is 2.16. The zero-order valence-electron chi connectivity index (χ0n) is 8.05. The topological polar surface area (TPSA) is 29.5 Å². The Labute approximate surface area is 109 Å². The molecule has 0 aliphatic carbocycles. The molecule has 7 heteroatoms. The van der Waals surface area contributed by atoms with Gasteiger partial charge in [-0.15, -0.1) is 0 Å². The number of amides is 1. The first kappa shape index (κ1) is 15.3. The van der Waals surface area contributed by atoms with E-state index in [9.17, 15) is 4.79 Å². The molecule has 88 valence electrons. The Hall–Kier alpha value is 0.330. The van der Waals surface area contributed by atoms with Crippen molar-refractivity contribution in [2.45, 2.75) is 3.79 Å². The van der Waals surface area contributed by atoms with Crippen molar-refractivity contribution in [1.82, 2.24) is 4.90 Å². The number of rotatable bonds is 5. The first-order valence-corrected chi connectivity index (χ1v) is 5.60. The van der Waals surface area contributed by atoms with Crippen LogP contribution in [0.15, 0.2) is 11.6 Å². The fraction of sp³-hybridized carbons (Fsp3) is 0.625. The van der Waals surface area contributed by atoms with Crippen LogP contribution < -0.4 is 0 Å². The van der Waals surface area contributed by atoms with E-state index < -0.39 is 9.70 Å². The largest absolute Gasteiger partial charge is 0.383 e. The molecular formula is C8H11Cl4NO2. The number of halogens is 4. The Morgan fingerprint density at radius 3 is 2.47 bits per heavy atom. The molecule has 0 aromatic rings. The van der Waals surface area contributed by atoms with Crippen LogP contribution in [0.4, 0.5) is 0 Å². The van der Waals surface area contributed by atoms with Crippen molar-refractivity contribution in [3.8, 4) is 0 Å². The summed E-state index contributed by atoms with van der Waals surface area (Å²) in [4.78, 5) is 12.9. The lowest BCUT2D eigenvalue weighted by Gasteiger charge is -2.24. The van der Waals surface area contributed by atoms with Gasteiger partial charge in [-0.2, -0.15) is 0 Å². The van der Waals surface area contributed by atoms with Crippen LogP contribution in [-0.2, 0) is 9.53 Å². The van der Waals surface area contributed by atoms with Gasteiger partial charge in [-0.1, -0.05) is 52.5 Å². The third-order valence-corrected chi connectivity index (χ3v) is 2.17. The molecule has 0 bridgehead atoms. The molecule has 0 aromatic heterocycles. The van der Waals surface area contributed by atoms with Crippen LogP contribution in [0.5, 0.6) is 0 Å². The third kappa shape index (κ3) is 6.48. The monoisotopic (exact) mass is 293 g/mol. The minimum atomic E-state index is -1.95. The molecule has 0 unspecified atom stereocenters. The van der Waals surface area contributed by atoms with E-state index in [1.165, 1.54) is 17.5 Å². The predicted octanol–water partition coefficient (Wildman–Crippen LogP) is 2.58. The molecule has 0 fully saturated rings. The Morgan fingerprint density at radius 2 is 2.07 bits per heavy atom. The Morgan fingerprint density at radius 1 is 1.47 bits per heavy atom. The number of hydrogen-bond donors (Lipinski definition) is 0. The van der Waals surface area contributed by atoms with Crippen molar-refractivity contribution < 1.29 is 9.53 Å². The summed E-state index contributed by atoms with van der Waals surface area (Å²) >= 11 is 21.8. The molecule has 0 rings (SSSR count). The highest BCUT2D eigenvalue weighted by Gasteiger charge is 2.34. The van der Waals surface area contributed by atoms with Crippen LogP contribution in [-0.4, -0.2) is 41.4 Å². The second-order valence-corrected chi connectivity index (χ2v) is 5.14. The van der Waals surface area contributed by atoms with Crippen LogP contribution in [0, 0.1) is 0 Å². The van der Waals surface area contributed by atoms with Gasteiger partial charge in [-0.3, -0.25) is 4.79 Å². The van der Waals surface area contributed by atoms with Gasteiger partial charge in [-0.05, 0) is 0 Å². The number of hydrogen-bond acceptors (Lipinski definition) is 2. The maximum Gasteiger partial charge on any atom is 0.275 e. The van der Waals surface area contributed by atoms with E-state index in [1.807, 2.05) is 0 Å². The van der Waals surface area contributed by atoms with E-state index in [2.05, 4.69) is 0 Å². The lowest BCUT2D eigenvalue weighted by Crippen LogP contribution is -2.41. The van der Waals surface area contributed by atoms with Gasteiger partial charge in [0, 0.05) is 25.7 Å². The first-order valence-electron chi connectivity index (χ1n) is 4.03. The fourth-order valence-corrected chi connectivity index (χ4v) is 1.26. The van der Waals surface area contributed by atoms with Crippen molar-refractivity contribution in [2.75, 3.05) is 26.8 Å². The summed E-state index contributed by atoms with van der Waals surface area (Å²) in [7, 11) is 1.52. The number of methoxy groups -OCH3 is 1. The average molecular weight is 295 g/mol. The van der Waals surface area contributed by atoms with Gasteiger partial charge >= 0.3 is 0 Å². The molecule has 0 saturated carbocycles. The lowest BCUT2D eigenvalue weighted by atomic mass is 10.4. The van der Waals surface area contributed by atoms with Gasteiger partial charge in [0.05, 0.1) is 6.61 Å². The normalized spacial score (nSPS) is 12.1. The molecule has 15 heavy (non-hydrogen) atoms. The van der Waals surface area contributed by atoms with Gasteiger partial charge < -0.3 is 9.64 Å². The van der Waals surface area contributed by atoms with E-state index in [-0.39, 0.29) is 6.54 Å². The molecule has 0 spiro atoms. The lowest BCUT2D eigenvalue weighted by molar-refractivity contribution is -0.130. The molecule has 1 amide bonds. The van der Waals surface area contributed by atoms with Crippen molar-refractivity contribution in [3.63, 3.8) is 0 Å². The summed E-state index contributed by atoms with van der Waals surface area (Å²) in [5.74, 6) is -0.598. The first-order chi connectivity index (χ1) is 6.93. The molecule has 0 atom stereocenters. The van der Waals surface area contributed by atoms with Crippen molar-refractivity contribution in [3.05, 3.63) is 11.6 Å². The summed E-state index contributed by atoms with van der Waals surface area (Å²) < 4.78 is 2.88. The molecular weight excluding hydrogens is 284 g/mol. The SMILES string of the molecule is COCCN(CC=CCl)C(=O)C(Cl)(Cl)Cl. The van der Waals surface area contributed by atoms with Crippen LogP contribution in [0.2, 0.25) is 0 Å². The van der Waals surface area contributed by atoms with E-state index in [4.69, 9.17) is 51.1 Å². The zero-order valence-corrected chi connectivity index (χ0v) is 11.1. The minimum absolute atomic E-state index is 0.277. The number of carbonyl (C=O) groups is 1. The Balaban J connectivity index is 4.40. The van der Waals surface area contributed by atoms with Crippen molar-refractivity contribution in [1.29, 1.82) is 0 Å². The van der Waals surface area contributed by atoms with Crippen LogP contribution in [0.25, 0.3) is 0 Å². The van der Waals surface area contributed by atoms with Crippen molar-refractivity contribution in [2.24, 2.45) is 0 Å². The highest BCUT2D eigenvalue weighted by Crippen LogP contribution is 2.28. The summed E-state index contributed by atoms with van der Waals surface area (Å²) in [6.07, 6.45) is 1.57. The quantitative estimate of drug-likeness (QED) is 0.730. The smallest absolute Gasteiger partial charge is 0.275 e. The minimum Gasteiger partial charge on any atom is -0.383 e. The van der Waals surface area contributed by atoms with Gasteiger partial charge in [0.1, 0.15) is 0 Å². The zero-order chi connectivity index (χ0) is 11.9. The molecule has 0 aromatic carbocycles. The molecule has 0 aliphatic heterocycles. The third-order valence-electron chi connectivity index (χ3n) is 1.51. The Kier molecular flexibility index (Phi) is 7.75. The summed E-state index contributed by atoms with van der Waals surface area (Å²) in [6.45, 7) is 0.979. The second-order valence-electron chi connectivity index (χ2n) is 2.60. The molecule has 0 N–H and O–H groups in total. The highest BCUT2D eigenvalue weighted by atomic mass is 35.6. The molecule has 3 nitrogen and oxygen atoms in total. The van der Waals surface area contributed by atoms with E-state index in [0.717, 1.165) is 0 Å². The van der Waals surface area contributed by atoms with Crippen LogP contribution in [0.1, 0.15) is 0 Å². The molecule has 0 radical (unpaired) electrons. The summed E-state index contributed by atoms with van der Waals surface area (Å²) in [5, 5.41) is 0. The summed E-state index contributed by atoms with van der Waals surface area (Å²) in [5.41, 5.74) is 1.30. The standard InChI is InChI=1S/C8H11Cl4NO2/c1-15-6-5-13(4-2-3-9)7(14)8(10,11)12/h2-3H,4-6H2,1H3. The van der Waals surface area contributed by atoms with Gasteiger partial charge in [-0.25, -0.2) is 0 Å². The predicted molar refractivity (Wildman–Crippen MR) is 63.7 cm³/mol. The van der Waals surface area contributed by atoms with E-state index >= 15 is 0 Å². The molecule has 0 aliphatic rings. The number of nitrogens with zero attached hydrogens (tertiary/aromatic N) is 1. The second kappa shape index (κ2) is 7.58. The van der Waals surface area contributed by atoms with Crippen molar-refractivity contribution >= 4 is 52.3 Å².